The Kier molecular flexibility index (Phi) is 7.64. The number of halogens is 2. The zero-order chi connectivity index (χ0) is 11.9. The van der Waals surface area contributed by atoms with E-state index in [1.807, 2.05) is 0 Å². The molecule has 0 saturated carbocycles. The van der Waals surface area contributed by atoms with Gasteiger partial charge in [-0.2, -0.15) is 0 Å². The van der Waals surface area contributed by atoms with Crippen LogP contribution in [0.15, 0.2) is 40.9 Å². The average molecular weight is 331 g/mol. The molecule has 0 aromatic heterocycles. The van der Waals surface area contributed by atoms with Crippen molar-refractivity contribution in [2.45, 2.75) is 25.7 Å². The Morgan fingerprint density at radius 3 is 2.33 bits per heavy atom. The Hall–Kier alpha value is -0.310. The number of nitrogens with zero attached hydrogens (tertiary/aromatic N) is 1. The summed E-state index contributed by atoms with van der Waals surface area (Å²) in [5, 5.41) is 0. The maximum atomic E-state index is 3.45. The number of rotatable bonds is 4. The molecular weight excluding hydrogens is 310 g/mol. The van der Waals surface area contributed by atoms with Crippen LogP contribution in [0, 0.1) is 0 Å². The van der Waals surface area contributed by atoms with Crippen LogP contribution in [0.25, 0.3) is 0 Å². The molecule has 0 amide bonds. The average Bonchev–Trinajstić information content (AvgIpc) is 2.38. The highest BCUT2D eigenvalue weighted by Crippen LogP contribution is 2.11. The number of hydrogen-bond donors (Lipinski definition) is 0. The molecule has 1 nitrogen and oxygen atoms in total. The second-order valence-electron chi connectivity index (χ2n) is 4.66. The van der Waals surface area contributed by atoms with Gasteiger partial charge in [0.05, 0.1) is 0 Å². The van der Waals surface area contributed by atoms with Gasteiger partial charge in [-0.1, -0.05) is 46.6 Å². The number of piperidine rings is 1. The summed E-state index contributed by atoms with van der Waals surface area (Å²) >= 11 is 3.45. The molecule has 0 atom stereocenters. The molecule has 1 heterocycles. The van der Waals surface area contributed by atoms with Crippen LogP contribution in [0.5, 0.6) is 0 Å². The lowest BCUT2D eigenvalue weighted by atomic mass is 10.1. The quantitative estimate of drug-likeness (QED) is 0.737. The van der Waals surface area contributed by atoms with Gasteiger partial charge in [-0.25, -0.2) is 0 Å². The fourth-order valence-corrected chi connectivity index (χ4v) is 2.47. The lowest BCUT2D eigenvalue weighted by Gasteiger charge is -2.24. The third-order valence-electron chi connectivity index (χ3n) is 3.25. The first kappa shape index (κ1) is 15.7. The summed E-state index contributed by atoms with van der Waals surface area (Å²) in [4.78, 5) is 2.54. The van der Waals surface area contributed by atoms with Crippen LogP contribution in [-0.2, 0) is 6.42 Å². The first-order valence-corrected chi connectivity index (χ1v) is 7.26. The molecule has 0 bridgehead atoms. The summed E-state index contributed by atoms with van der Waals surface area (Å²) in [5.74, 6) is 0. The minimum Gasteiger partial charge on any atom is -0.300 e. The van der Waals surface area contributed by atoms with E-state index in [0.29, 0.717) is 0 Å². The van der Waals surface area contributed by atoms with E-state index in [4.69, 9.17) is 0 Å². The minimum atomic E-state index is 0. The van der Waals surface area contributed by atoms with Gasteiger partial charge in [0.15, 0.2) is 0 Å². The second kappa shape index (κ2) is 8.73. The lowest BCUT2D eigenvalue weighted by molar-refractivity contribution is 0.251. The molecule has 1 aliphatic rings. The van der Waals surface area contributed by atoms with Crippen molar-refractivity contribution in [2.75, 3.05) is 19.6 Å². The first-order chi connectivity index (χ1) is 8.34. The summed E-state index contributed by atoms with van der Waals surface area (Å²) in [6.45, 7) is 3.68. The third-order valence-corrected chi connectivity index (χ3v) is 3.77. The van der Waals surface area contributed by atoms with Gasteiger partial charge in [-0.05, 0) is 50.0 Å². The summed E-state index contributed by atoms with van der Waals surface area (Å²) in [5.41, 5.74) is 1.38. The van der Waals surface area contributed by atoms with Crippen molar-refractivity contribution in [3.63, 3.8) is 0 Å². The Bertz CT molecular complexity index is 355. The van der Waals surface area contributed by atoms with Crippen LogP contribution in [-0.4, -0.2) is 24.5 Å². The summed E-state index contributed by atoms with van der Waals surface area (Å²) in [7, 11) is 0. The molecule has 1 saturated heterocycles. The normalized spacial score (nSPS) is 16.7. The Labute approximate surface area is 125 Å². The van der Waals surface area contributed by atoms with E-state index in [-0.39, 0.29) is 12.4 Å². The molecule has 0 aliphatic carbocycles. The van der Waals surface area contributed by atoms with Gasteiger partial charge in [0, 0.05) is 11.0 Å². The van der Waals surface area contributed by atoms with Gasteiger partial charge in [-0.3, -0.25) is 4.90 Å². The summed E-state index contributed by atoms with van der Waals surface area (Å²) < 4.78 is 1.15. The molecule has 2 rings (SSSR count). The van der Waals surface area contributed by atoms with E-state index in [0.717, 1.165) is 17.4 Å². The third kappa shape index (κ3) is 5.55. The topological polar surface area (TPSA) is 3.24 Å². The predicted octanol–water partition coefficient (Wildman–Crippen LogP) is 4.46. The van der Waals surface area contributed by atoms with Crippen molar-refractivity contribution in [2.24, 2.45) is 0 Å². The van der Waals surface area contributed by atoms with Crippen LogP contribution in [0.4, 0.5) is 0 Å². The molecule has 3 heteroatoms. The molecule has 100 valence electrons. The number of benzene rings is 1. The molecular formula is C15H21BrClN. The van der Waals surface area contributed by atoms with Crippen molar-refractivity contribution >= 4 is 28.3 Å². The van der Waals surface area contributed by atoms with Crippen LogP contribution in [0.2, 0.25) is 0 Å². The summed E-state index contributed by atoms with van der Waals surface area (Å²) in [6.07, 6.45) is 9.81. The molecule has 0 unspecified atom stereocenters. The SMILES string of the molecule is Brc1ccc(C/C=C/CN2CCCCC2)cc1.Cl. The van der Waals surface area contributed by atoms with E-state index in [1.165, 1.54) is 37.9 Å². The van der Waals surface area contributed by atoms with Gasteiger partial charge >= 0.3 is 0 Å². The monoisotopic (exact) mass is 329 g/mol. The maximum absolute atomic E-state index is 3.45. The smallest absolute Gasteiger partial charge is 0.0175 e. The van der Waals surface area contributed by atoms with Crippen molar-refractivity contribution in [3.05, 3.63) is 46.5 Å². The van der Waals surface area contributed by atoms with Crippen LogP contribution >= 0.6 is 28.3 Å². The highest BCUT2D eigenvalue weighted by atomic mass is 79.9. The Balaban J connectivity index is 0.00000162. The molecule has 1 fully saturated rings. The standard InChI is InChI=1S/C15H20BrN.ClH/c16-15-9-7-14(8-10-15)6-2-5-13-17-11-3-1-4-12-17;/h2,5,7-10H,1,3-4,6,11-13H2;1H/b5-2+;. The maximum Gasteiger partial charge on any atom is 0.0175 e. The predicted molar refractivity (Wildman–Crippen MR) is 84.5 cm³/mol. The highest BCUT2D eigenvalue weighted by molar-refractivity contribution is 9.10. The number of likely N-dealkylation sites (tertiary alicyclic amines) is 1. The van der Waals surface area contributed by atoms with Crippen LogP contribution < -0.4 is 0 Å². The number of allylic oxidation sites excluding steroid dienone is 1. The van der Waals surface area contributed by atoms with E-state index < -0.39 is 0 Å². The zero-order valence-corrected chi connectivity index (χ0v) is 13.0. The highest BCUT2D eigenvalue weighted by Gasteiger charge is 2.06. The van der Waals surface area contributed by atoms with Gasteiger partial charge in [0.1, 0.15) is 0 Å². The van der Waals surface area contributed by atoms with E-state index >= 15 is 0 Å². The molecule has 1 aliphatic heterocycles. The van der Waals surface area contributed by atoms with Crippen LogP contribution in [0.3, 0.4) is 0 Å². The molecule has 0 radical (unpaired) electrons. The van der Waals surface area contributed by atoms with Crippen molar-refractivity contribution in [1.82, 2.24) is 4.90 Å². The minimum absolute atomic E-state index is 0. The summed E-state index contributed by atoms with van der Waals surface area (Å²) in [6, 6.07) is 8.56. The zero-order valence-electron chi connectivity index (χ0n) is 10.6. The van der Waals surface area contributed by atoms with Gasteiger partial charge < -0.3 is 0 Å². The van der Waals surface area contributed by atoms with Gasteiger partial charge in [-0.15, -0.1) is 12.4 Å². The van der Waals surface area contributed by atoms with E-state index in [1.54, 1.807) is 0 Å². The second-order valence-corrected chi connectivity index (χ2v) is 5.58. The first-order valence-electron chi connectivity index (χ1n) is 6.46. The van der Waals surface area contributed by atoms with E-state index in [2.05, 4.69) is 57.2 Å². The Morgan fingerprint density at radius 1 is 1.00 bits per heavy atom. The van der Waals surface area contributed by atoms with E-state index in [9.17, 15) is 0 Å². The lowest BCUT2D eigenvalue weighted by Crippen LogP contribution is -2.29. The molecule has 1 aromatic carbocycles. The van der Waals surface area contributed by atoms with Gasteiger partial charge in [0.25, 0.3) is 0 Å². The molecule has 0 spiro atoms. The Morgan fingerprint density at radius 2 is 1.67 bits per heavy atom. The van der Waals surface area contributed by atoms with Crippen molar-refractivity contribution < 1.29 is 0 Å². The molecule has 18 heavy (non-hydrogen) atoms. The molecule has 1 aromatic rings. The molecule has 0 N–H and O–H groups in total. The van der Waals surface area contributed by atoms with Crippen molar-refractivity contribution in [3.8, 4) is 0 Å². The van der Waals surface area contributed by atoms with Crippen molar-refractivity contribution in [1.29, 1.82) is 0 Å². The van der Waals surface area contributed by atoms with Crippen LogP contribution in [0.1, 0.15) is 24.8 Å². The number of hydrogen-bond acceptors (Lipinski definition) is 1. The fourth-order valence-electron chi connectivity index (χ4n) is 2.21. The largest absolute Gasteiger partial charge is 0.300 e. The fraction of sp³-hybridized carbons (Fsp3) is 0.467. The van der Waals surface area contributed by atoms with Gasteiger partial charge in [0.2, 0.25) is 0 Å².